The number of aromatic nitrogens is 4. The van der Waals surface area contributed by atoms with Crippen molar-refractivity contribution in [1.29, 1.82) is 0 Å². The van der Waals surface area contributed by atoms with E-state index in [4.69, 9.17) is 4.74 Å². The minimum absolute atomic E-state index is 0.0649. The Labute approximate surface area is 109 Å². The Morgan fingerprint density at radius 2 is 1.95 bits per heavy atom. The molecule has 0 aliphatic carbocycles. The summed E-state index contributed by atoms with van der Waals surface area (Å²) >= 11 is 0. The maximum Gasteiger partial charge on any atom is 0.409 e. The van der Waals surface area contributed by atoms with Gasteiger partial charge in [0.1, 0.15) is 0 Å². The SMILES string of the molecule is CCOC(=O)N1CCN(C(=O)Cc2nn[nH]n2)CC1. The van der Waals surface area contributed by atoms with Crippen molar-refractivity contribution in [2.24, 2.45) is 0 Å². The van der Waals surface area contributed by atoms with Gasteiger partial charge in [-0.15, -0.1) is 10.2 Å². The zero-order chi connectivity index (χ0) is 13.7. The maximum atomic E-state index is 11.9. The molecule has 1 aromatic rings. The molecule has 0 aromatic carbocycles. The fourth-order valence-electron chi connectivity index (χ4n) is 1.86. The third kappa shape index (κ3) is 3.39. The molecule has 0 spiro atoms. The van der Waals surface area contributed by atoms with Crippen LogP contribution < -0.4 is 0 Å². The van der Waals surface area contributed by atoms with Crippen molar-refractivity contribution in [2.45, 2.75) is 13.3 Å². The summed E-state index contributed by atoms with van der Waals surface area (Å²) < 4.78 is 4.91. The van der Waals surface area contributed by atoms with E-state index in [9.17, 15) is 9.59 Å². The number of rotatable bonds is 3. The second-order valence-corrected chi connectivity index (χ2v) is 4.07. The quantitative estimate of drug-likeness (QED) is 0.757. The van der Waals surface area contributed by atoms with Gasteiger partial charge in [-0.3, -0.25) is 4.79 Å². The first-order chi connectivity index (χ1) is 9.20. The minimum atomic E-state index is -0.326. The molecule has 0 unspecified atom stereocenters. The first kappa shape index (κ1) is 13.2. The number of tetrazole rings is 1. The molecule has 0 radical (unpaired) electrons. The van der Waals surface area contributed by atoms with E-state index in [1.54, 1.807) is 16.7 Å². The lowest BCUT2D eigenvalue weighted by Crippen LogP contribution is -2.51. The van der Waals surface area contributed by atoms with Gasteiger partial charge < -0.3 is 14.5 Å². The van der Waals surface area contributed by atoms with E-state index in [-0.39, 0.29) is 18.4 Å². The van der Waals surface area contributed by atoms with E-state index in [2.05, 4.69) is 20.6 Å². The number of H-pyrrole nitrogens is 1. The van der Waals surface area contributed by atoms with Crippen LogP contribution in [0.2, 0.25) is 0 Å². The average molecular weight is 268 g/mol. The smallest absolute Gasteiger partial charge is 0.409 e. The van der Waals surface area contributed by atoms with Crippen LogP contribution in [-0.2, 0) is 16.0 Å². The molecule has 1 saturated heterocycles. The van der Waals surface area contributed by atoms with Crippen molar-refractivity contribution in [3.8, 4) is 0 Å². The number of hydrogen-bond donors (Lipinski definition) is 1. The van der Waals surface area contributed by atoms with E-state index in [0.717, 1.165) is 0 Å². The highest BCUT2D eigenvalue weighted by atomic mass is 16.6. The largest absolute Gasteiger partial charge is 0.450 e. The lowest BCUT2D eigenvalue weighted by atomic mass is 10.3. The lowest BCUT2D eigenvalue weighted by Gasteiger charge is -2.33. The van der Waals surface area contributed by atoms with Crippen LogP contribution in [0.25, 0.3) is 0 Å². The number of nitrogens with one attached hydrogen (secondary N) is 1. The predicted molar refractivity (Wildman–Crippen MR) is 63.1 cm³/mol. The summed E-state index contributed by atoms with van der Waals surface area (Å²) in [6.45, 7) is 4.08. The molecule has 19 heavy (non-hydrogen) atoms. The van der Waals surface area contributed by atoms with Crippen molar-refractivity contribution >= 4 is 12.0 Å². The number of ether oxygens (including phenoxy) is 1. The minimum Gasteiger partial charge on any atom is -0.450 e. The number of piperazine rings is 1. The fourth-order valence-corrected chi connectivity index (χ4v) is 1.86. The molecule has 1 aliphatic rings. The summed E-state index contributed by atoms with van der Waals surface area (Å²) in [6, 6.07) is 0. The molecule has 2 rings (SSSR count). The summed E-state index contributed by atoms with van der Waals surface area (Å²) in [5.74, 6) is 0.308. The summed E-state index contributed by atoms with van der Waals surface area (Å²) in [7, 11) is 0. The molecular weight excluding hydrogens is 252 g/mol. The molecule has 2 heterocycles. The molecule has 0 saturated carbocycles. The number of nitrogens with zero attached hydrogens (tertiary/aromatic N) is 5. The van der Waals surface area contributed by atoms with Crippen LogP contribution in [0, 0.1) is 0 Å². The van der Waals surface area contributed by atoms with Gasteiger partial charge in [0.05, 0.1) is 13.0 Å². The molecule has 1 N–H and O–H groups in total. The van der Waals surface area contributed by atoms with Gasteiger partial charge in [0, 0.05) is 26.2 Å². The Kier molecular flexibility index (Phi) is 4.26. The Bertz CT molecular complexity index is 426. The third-order valence-corrected chi connectivity index (χ3v) is 2.86. The lowest BCUT2D eigenvalue weighted by molar-refractivity contribution is -0.132. The average Bonchev–Trinajstić information content (AvgIpc) is 2.92. The number of carbonyl (C=O) groups is 2. The van der Waals surface area contributed by atoms with Crippen molar-refractivity contribution in [1.82, 2.24) is 30.4 Å². The molecule has 1 aromatic heterocycles. The van der Waals surface area contributed by atoms with Crippen LogP contribution >= 0.6 is 0 Å². The van der Waals surface area contributed by atoms with Gasteiger partial charge in [0.2, 0.25) is 5.91 Å². The third-order valence-electron chi connectivity index (χ3n) is 2.86. The Morgan fingerprint density at radius 1 is 1.26 bits per heavy atom. The van der Waals surface area contributed by atoms with Gasteiger partial charge in [0.25, 0.3) is 0 Å². The topological polar surface area (TPSA) is 104 Å². The molecule has 1 fully saturated rings. The monoisotopic (exact) mass is 268 g/mol. The van der Waals surface area contributed by atoms with Crippen LogP contribution in [0.3, 0.4) is 0 Å². The van der Waals surface area contributed by atoms with Gasteiger partial charge in [-0.1, -0.05) is 5.21 Å². The second-order valence-electron chi connectivity index (χ2n) is 4.07. The standard InChI is InChI=1S/C10H16N6O3/c1-2-19-10(18)16-5-3-15(4-6-16)9(17)7-8-11-13-14-12-8/h2-7H2,1H3,(H,11,12,13,14). The molecule has 104 valence electrons. The maximum absolute atomic E-state index is 11.9. The van der Waals surface area contributed by atoms with Crippen LogP contribution in [0.15, 0.2) is 0 Å². The van der Waals surface area contributed by atoms with Gasteiger partial charge in [-0.25, -0.2) is 4.79 Å². The number of amides is 2. The van der Waals surface area contributed by atoms with Crippen LogP contribution in [0.1, 0.15) is 12.7 Å². The van der Waals surface area contributed by atoms with Crippen LogP contribution in [0.4, 0.5) is 4.79 Å². The molecule has 1 aliphatic heterocycles. The first-order valence-corrected chi connectivity index (χ1v) is 6.12. The fraction of sp³-hybridized carbons (Fsp3) is 0.700. The van der Waals surface area contributed by atoms with E-state index in [1.807, 2.05) is 0 Å². The van der Waals surface area contributed by atoms with Gasteiger partial charge >= 0.3 is 6.09 Å². The molecule has 9 heteroatoms. The van der Waals surface area contributed by atoms with E-state index in [1.165, 1.54) is 0 Å². The Hall–Kier alpha value is -2.19. The van der Waals surface area contributed by atoms with Crippen molar-refractivity contribution < 1.29 is 14.3 Å². The van der Waals surface area contributed by atoms with Crippen LogP contribution in [0.5, 0.6) is 0 Å². The first-order valence-electron chi connectivity index (χ1n) is 6.12. The number of carbonyl (C=O) groups excluding carboxylic acids is 2. The summed E-state index contributed by atoms with van der Waals surface area (Å²) in [5, 5.41) is 13.2. The number of aromatic amines is 1. The van der Waals surface area contributed by atoms with E-state index >= 15 is 0 Å². The zero-order valence-electron chi connectivity index (χ0n) is 10.7. The highest BCUT2D eigenvalue weighted by Gasteiger charge is 2.25. The van der Waals surface area contributed by atoms with Gasteiger partial charge in [0.15, 0.2) is 5.82 Å². The molecule has 0 atom stereocenters. The van der Waals surface area contributed by atoms with Crippen LogP contribution in [-0.4, -0.2) is 75.2 Å². The predicted octanol–water partition coefficient (Wildman–Crippen LogP) is -0.957. The zero-order valence-corrected chi connectivity index (χ0v) is 10.7. The van der Waals surface area contributed by atoms with Crippen molar-refractivity contribution in [2.75, 3.05) is 32.8 Å². The van der Waals surface area contributed by atoms with E-state index in [0.29, 0.717) is 38.6 Å². The molecular formula is C10H16N6O3. The van der Waals surface area contributed by atoms with E-state index < -0.39 is 0 Å². The number of hydrogen-bond acceptors (Lipinski definition) is 6. The summed E-state index contributed by atoms with van der Waals surface area (Å²) in [6.07, 6.45) is -0.205. The second kappa shape index (κ2) is 6.12. The normalized spacial score (nSPS) is 15.4. The highest BCUT2D eigenvalue weighted by molar-refractivity contribution is 5.78. The molecule has 9 nitrogen and oxygen atoms in total. The summed E-state index contributed by atoms with van der Waals surface area (Å²) in [4.78, 5) is 26.7. The highest BCUT2D eigenvalue weighted by Crippen LogP contribution is 2.05. The van der Waals surface area contributed by atoms with Crippen molar-refractivity contribution in [3.63, 3.8) is 0 Å². The van der Waals surface area contributed by atoms with Gasteiger partial charge in [-0.05, 0) is 6.92 Å². The van der Waals surface area contributed by atoms with Gasteiger partial charge in [-0.2, -0.15) is 5.21 Å². The Morgan fingerprint density at radius 3 is 2.53 bits per heavy atom. The molecule has 2 amide bonds. The Balaban J connectivity index is 1.79. The van der Waals surface area contributed by atoms with Crippen molar-refractivity contribution in [3.05, 3.63) is 5.82 Å². The molecule has 0 bridgehead atoms. The summed E-state index contributed by atoms with van der Waals surface area (Å²) in [5.41, 5.74) is 0.